The Morgan fingerprint density at radius 2 is 1.79 bits per heavy atom. The molecule has 0 aliphatic heterocycles. The molecule has 0 unspecified atom stereocenters. The van der Waals surface area contributed by atoms with Gasteiger partial charge >= 0.3 is 6.09 Å². The summed E-state index contributed by atoms with van der Waals surface area (Å²) >= 11 is 0. The van der Waals surface area contributed by atoms with Crippen LogP contribution in [0.5, 0.6) is 0 Å². The van der Waals surface area contributed by atoms with Crippen molar-refractivity contribution in [2.24, 2.45) is 0 Å². The molecule has 0 atom stereocenters. The Labute approximate surface area is 140 Å². The molecule has 7 nitrogen and oxygen atoms in total. The number of aromatic nitrogens is 2. The molecule has 2 amide bonds. The Bertz CT molecular complexity index is 774. The number of fused-ring (bicyclic) bond motifs is 1. The lowest BCUT2D eigenvalue weighted by Gasteiger charge is -2.08. The van der Waals surface area contributed by atoms with Crippen molar-refractivity contribution in [2.45, 2.75) is 13.8 Å². The number of hydrogen-bond donors (Lipinski definition) is 2. The van der Waals surface area contributed by atoms with Crippen LogP contribution in [-0.2, 0) is 4.74 Å². The maximum absolute atomic E-state index is 12.1. The van der Waals surface area contributed by atoms with E-state index in [9.17, 15) is 9.59 Å². The van der Waals surface area contributed by atoms with Crippen LogP contribution in [0, 0.1) is 13.8 Å². The van der Waals surface area contributed by atoms with E-state index in [4.69, 9.17) is 4.74 Å². The van der Waals surface area contributed by atoms with E-state index in [1.807, 2.05) is 13.8 Å². The zero-order valence-corrected chi connectivity index (χ0v) is 13.8. The molecule has 0 bridgehead atoms. The van der Waals surface area contributed by atoms with Crippen LogP contribution >= 0.6 is 0 Å². The van der Waals surface area contributed by atoms with Crippen molar-refractivity contribution in [3.8, 4) is 0 Å². The highest BCUT2D eigenvalue weighted by Crippen LogP contribution is 2.14. The summed E-state index contributed by atoms with van der Waals surface area (Å²) in [5.41, 5.74) is 3.63. The molecule has 1 aromatic heterocycles. The number of ether oxygens (including phenoxy) is 1. The lowest BCUT2D eigenvalue weighted by atomic mass is 10.1. The zero-order valence-electron chi connectivity index (χ0n) is 13.8. The minimum atomic E-state index is -0.545. The van der Waals surface area contributed by atoms with Crippen LogP contribution in [0.1, 0.15) is 21.7 Å². The average molecular weight is 328 g/mol. The predicted octanol–water partition coefficient (Wildman–Crippen LogP) is 1.89. The quantitative estimate of drug-likeness (QED) is 0.624. The SMILES string of the molecule is C=CCOC(=O)NCCNC(=O)c1ccc2nc(C)c(C)nc2c1. The molecule has 24 heavy (non-hydrogen) atoms. The highest BCUT2D eigenvalue weighted by atomic mass is 16.5. The standard InChI is InChI=1S/C17H20N4O3/c1-4-9-24-17(23)19-8-7-18-16(22)13-5-6-14-15(10-13)21-12(3)11(2)20-14/h4-6,10H,1,7-9H2,2-3H3,(H,18,22)(H,19,23). The Hall–Kier alpha value is -2.96. The van der Waals surface area contributed by atoms with Crippen LogP contribution in [0.2, 0.25) is 0 Å². The lowest BCUT2D eigenvalue weighted by Crippen LogP contribution is -2.35. The van der Waals surface area contributed by atoms with Crippen LogP contribution in [-0.4, -0.2) is 41.7 Å². The second-order valence-corrected chi connectivity index (χ2v) is 5.17. The van der Waals surface area contributed by atoms with Gasteiger partial charge in [-0.25, -0.2) is 14.8 Å². The summed E-state index contributed by atoms with van der Waals surface area (Å²) in [4.78, 5) is 32.2. The fourth-order valence-corrected chi connectivity index (χ4v) is 2.00. The first-order valence-electron chi connectivity index (χ1n) is 7.56. The second kappa shape index (κ2) is 8.05. The molecule has 126 valence electrons. The van der Waals surface area contributed by atoms with E-state index >= 15 is 0 Å². The molecule has 0 saturated carbocycles. The number of amides is 2. The largest absolute Gasteiger partial charge is 0.445 e. The molecule has 2 rings (SSSR count). The molecule has 7 heteroatoms. The number of nitrogens with one attached hydrogen (secondary N) is 2. The molecule has 0 saturated heterocycles. The van der Waals surface area contributed by atoms with E-state index < -0.39 is 6.09 Å². The van der Waals surface area contributed by atoms with Crippen molar-refractivity contribution in [1.29, 1.82) is 0 Å². The molecule has 1 aromatic carbocycles. The van der Waals surface area contributed by atoms with E-state index in [-0.39, 0.29) is 19.1 Å². The van der Waals surface area contributed by atoms with E-state index in [1.165, 1.54) is 6.08 Å². The van der Waals surface area contributed by atoms with Crippen LogP contribution in [0.15, 0.2) is 30.9 Å². The van der Waals surface area contributed by atoms with Crippen molar-refractivity contribution in [1.82, 2.24) is 20.6 Å². The first-order valence-corrected chi connectivity index (χ1v) is 7.56. The Morgan fingerprint density at radius 3 is 2.50 bits per heavy atom. The van der Waals surface area contributed by atoms with Gasteiger partial charge in [0.25, 0.3) is 5.91 Å². The summed E-state index contributed by atoms with van der Waals surface area (Å²) < 4.78 is 4.76. The van der Waals surface area contributed by atoms with E-state index in [0.29, 0.717) is 17.6 Å². The van der Waals surface area contributed by atoms with Gasteiger partial charge in [-0.15, -0.1) is 0 Å². The molecular weight excluding hydrogens is 308 g/mol. The van der Waals surface area contributed by atoms with Crippen LogP contribution in [0.3, 0.4) is 0 Å². The van der Waals surface area contributed by atoms with Crippen molar-refractivity contribution < 1.29 is 14.3 Å². The van der Waals surface area contributed by atoms with Gasteiger partial charge in [0.2, 0.25) is 0 Å². The monoisotopic (exact) mass is 328 g/mol. The molecular formula is C17H20N4O3. The average Bonchev–Trinajstić information content (AvgIpc) is 2.57. The van der Waals surface area contributed by atoms with Crippen LogP contribution in [0.4, 0.5) is 4.79 Å². The number of carbonyl (C=O) groups is 2. The smallest absolute Gasteiger partial charge is 0.407 e. The second-order valence-electron chi connectivity index (χ2n) is 5.17. The van der Waals surface area contributed by atoms with Gasteiger partial charge in [-0.3, -0.25) is 4.79 Å². The molecule has 0 radical (unpaired) electrons. The van der Waals surface area contributed by atoms with E-state index in [1.54, 1.807) is 18.2 Å². The highest BCUT2D eigenvalue weighted by Gasteiger charge is 2.08. The van der Waals surface area contributed by atoms with Gasteiger partial charge in [-0.2, -0.15) is 0 Å². The lowest BCUT2D eigenvalue weighted by molar-refractivity contribution is 0.0952. The molecule has 1 heterocycles. The van der Waals surface area contributed by atoms with Crippen LogP contribution < -0.4 is 10.6 Å². The summed E-state index contributed by atoms with van der Waals surface area (Å²) in [6.45, 7) is 7.93. The maximum atomic E-state index is 12.1. The summed E-state index contributed by atoms with van der Waals surface area (Å²) in [5, 5.41) is 5.25. The number of rotatable bonds is 6. The zero-order chi connectivity index (χ0) is 17.5. The Morgan fingerprint density at radius 1 is 1.12 bits per heavy atom. The predicted molar refractivity (Wildman–Crippen MR) is 90.9 cm³/mol. The van der Waals surface area contributed by atoms with Gasteiger partial charge < -0.3 is 15.4 Å². The molecule has 0 aliphatic carbocycles. The number of aryl methyl sites for hydroxylation is 2. The molecule has 0 aliphatic rings. The van der Waals surface area contributed by atoms with Gasteiger partial charge in [0.15, 0.2) is 0 Å². The number of alkyl carbamates (subject to hydrolysis) is 1. The van der Waals surface area contributed by atoms with Gasteiger partial charge in [-0.05, 0) is 32.0 Å². The summed E-state index contributed by atoms with van der Waals surface area (Å²) in [6, 6.07) is 5.18. The highest BCUT2D eigenvalue weighted by molar-refractivity contribution is 5.97. The maximum Gasteiger partial charge on any atom is 0.407 e. The topological polar surface area (TPSA) is 93.2 Å². The van der Waals surface area contributed by atoms with Crippen molar-refractivity contribution >= 4 is 23.0 Å². The fourth-order valence-electron chi connectivity index (χ4n) is 2.00. The van der Waals surface area contributed by atoms with Gasteiger partial charge in [-0.1, -0.05) is 12.7 Å². The molecule has 2 N–H and O–H groups in total. The normalized spacial score (nSPS) is 10.2. The number of carbonyl (C=O) groups excluding carboxylic acids is 2. The third-order valence-corrected chi connectivity index (χ3v) is 3.35. The summed E-state index contributed by atoms with van der Waals surface area (Å²) in [7, 11) is 0. The summed E-state index contributed by atoms with van der Waals surface area (Å²) in [5.74, 6) is -0.238. The third-order valence-electron chi connectivity index (χ3n) is 3.35. The minimum absolute atomic E-state index is 0.148. The first-order chi connectivity index (χ1) is 11.5. The van der Waals surface area contributed by atoms with Crippen molar-refractivity contribution in [3.63, 3.8) is 0 Å². The number of hydrogen-bond acceptors (Lipinski definition) is 5. The minimum Gasteiger partial charge on any atom is -0.445 e. The molecule has 0 spiro atoms. The molecule has 0 fully saturated rings. The molecule has 2 aromatic rings. The Balaban J connectivity index is 1.90. The Kier molecular flexibility index (Phi) is 5.83. The first kappa shape index (κ1) is 17.4. The number of nitrogens with zero attached hydrogens (tertiary/aromatic N) is 2. The van der Waals surface area contributed by atoms with Gasteiger partial charge in [0.1, 0.15) is 6.61 Å². The van der Waals surface area contributed by atoms with E-state index in [0.717, 1.165) is 16.9 Å². The van der Waals surface area contributed by atoms with E-state index in [2.05, 4.69) is 27.2 Å². The third kappa shape index (κ3) is 4.52. The van der Waals surface area contributed by atoms with Crippen molar-refractivity contribution in [3.05, 3.63) is 47.8 Å². The van der Waals surface area contributed by atoms with Crippen LogP contribution in [0.25, 0.3) is 11.0 Å². The number of benzene rings is 1. The van der Waals surface area contributed by atoms with Gasteiger partial charge in [0, 0.05) is 18.7 Å². The summed E-state index contributed by atoms with van der Waals surface area (Å²) in [6.07, 6.45) is 0.934. The van der Waals surface area contributed by atoms with Gasteiger partial charge in [0.05, 0.1) is 22.4 Å². The van der Waals surface area contributed by atoms with Crippen molar-refractivity contribution in [2.75, 3.05) is 19.7 Å². The fraction of sp³-hybridized carbons (Fsp3) is 0.294.